The molecule has 4 N–H and O–H groups in total. The number of benzene rings is 2. The lowest BCUT2D eigenvalue weighted by Crippen LogP contribution is -2.19. The third kappa shape index (κ3) is 5.58. The zero-order valence-electron chi connectivity index (χ0n) is 16.6. The van der Waals surface area contributed by atoms with Gasteiger partial charge in [-0.15, -0.1) is 0 Å². The maximum absolute atomic E-state index is 12.2. The summed E-state index contributed by atoms with van der Waals surface area (Å²) >= 11 is 0. The number of ether oxygens (including phenoxy) is 1. The predicted molar refractivity (Wildman–Crippen MR) is 116 cm³/mol. The van der Waals surface area contributed by atoms with Gasteiger partial charge in [-0.1, -0.05) is 12.1 Å². The number of anilines is 5. The van der Waals surface area contributed by atoms with E-state index in [9.17, 15) is 4.79 Å². The molecule has 0 spiro atoms. The van der Waals surface area contributed by atoms with Gasteiger partial charge in [0, 0.05) is 29.7 Å². The molecule has 150 valence electrons. The number of aromatic nitrogens is 2. The van der Waals surface area contributed by atoms with Crippen molar-refractivity contribution in [2.75, 3.05) is 34.9 Å². The molecule has 0 saturated heterocycles. The molecule has 0 bridgehead atoms. The molecule has 3 rings (SSSR count). The van der Waals surface area contributed by atoms with Crippen molar-refractivity contribution in [3.63, 3.8) is 0 Å². The fourth-order valence-corrected chi connectivity index (χ4v) is 2.69. The second-order valence-electron chi connectivity index (χ2n) is 6.23. The van der Waals surface area contributed by atoms with Gasteiger partial charge in [0.1, 0.15) is 11.6 Å². The van der Waals surface area contributed by atoms with Crippen molar-refractivity contribution in [1.29, 1.82) is 0 Å². The van der Waals surface area contributed by atoms with E-state index in [0.717, 1.165) is 17.9 Å². The minimum Gasteiger partial charge on any atom is -0.495 e. The van der Waals surface area contributed by atoms with Gasteiger partial charge in [0.15, 0.2) is 0 Å². The van der Waals surface area contributed by atoms with Crippen LogP contribution in [0.2, 0.25) is 0 Å². The molecule has 0 radical (unpaired) electrons. The average molecular weight is 392 g/mol. The summed E-state index contributed by atoms with van der Waals surface area (Å²) in [6.07, 6.45) is 0. The molecule has 0 aliphatic heterocycles. The molecule has 0 atom stereocenters. The van der Waals surface area contributed by atoms with Crippen molar-refractivity contribution in [3.8, 4) is 5.75 Å². The summed E-state index contributed by atoms with van der Waals surface area (Å²) in [6.45, 7) is 4.66. The number of nitrogens with zero attached hydrogens (tertiary/aromatic N) is 2. The van der Waals surface area contributed by atoms with E-state index < -0.39 is 0 Å². The van der Waals surface area contributed by atoms with Crippen molar-refractivity contribution in [2.45, 2.75) is 13.8 Å². The van der Waals surface area contributed by atoms with Gasteiger partial charge in [-0.2, -0.15) is 4.98 Å². The van der Waals surface area contributed by atoms with Crippen molar-refractivity contribution in [2.24, 2.45) is 0 Å². The Morgan fingerprint density at radius 3 is 2.45 bits per heavy atom. The number of hydrogen-bond acceptors (Lipinski definition) is 6. The normalized spacial score (nSPS) is 10.2. The standard InChI is InChI=1S/C21H24N6O2/c1-4-22-20-23-14(2)13-19(27-20)24-15-9-11-16(12-10-15)25-21(28)26-17-7-5-6-8-18(17)29-3/h5-13H,4H2,1-3H3,(H2,25,26,28)(H2,22,23,24,27). The molecule has 0 aliphatic carbocycles. The number of carbonyl (C=O) groups is 1. The summed E-state index contributed by atoms with van der Waals surface area (Å²) in [7, 11) is 1.56. The van der Waals surface area contributed by atoms with E-state index in [1.54, 1.807) is 19.2 Å². The Morgan fingerprint density at radius 2 is 1.72 bits per heavy atom. The van der Waals surface area contributed by atoms with Crippen LogP contribution in [-0.4, -0.2) is 29.7 Å². The fourth-order valence-electron chi connectivity index (χ4n) is 2.69. The first kappa shape index (κ1) is 19.9. The Kier molecular flexibility index (Phi) is 6.47. The van der Waals surface area contributed by atoms with E-state index in [1.807, 2.05) is 56.3 Å². The number of urea groups is 1. The predicted octanol–water partition coefficient (Wildman–Crippen LogP) is 4.61. The topological polar surface area (TPSA) is 100 Å². The fraction of sp³-hybridized carbons (Fsp3) is 0.190. The van der Waals surface area contributed by atoms with E-state index in [1.165, 1.54) is 0 Å². The first-order valence-electron chi connectivity index (χ1n) is 9.25. The molecular formula is C21H24N6O2. The van der Waals surface area contributed by atoms with Crippen LogP contribution in [-0.2, 0) is 0 Å². The van der Waals surface area contributed by atoms with E-state index in [4.69, 9.17) is 4.74 Å². The minimum absolute atomic E-state index is 0.350. The highest BCUT2D eigenvalue weighted by atomic mass is 16.5. The van der Waals surface area contributed by atoms with Gasteiger partial charge in [-0.05, 0) is 50.2 Å². The highest BCUT2D eigenvalue weighted by Crippen LogP contribution is 2.24. The Labute approximate surface area is 169 Å². The van der Waals surface area contributed by atoms with Crippen LogP contribution >= 0.6 is 0 Å². The Morgan fingerprint density at radius 1 is 1.00 bits per heavy atom. The van der Waals surface area contributed by atoms with Crippen LogP contribution in [0.5, 0.6) is 5.75 Å². The Bertz CT molecular complexity index is 975. The first-order chi connectivity index (χ1) is 14.1. The molecule has 3 aromatic rings. The Balaban J connectivity index is 1.62. The summed E-state index contributed by atoms with van der Waals surface area (Å²) in [4.78, 5) is 21.0. The molecule has 0 unspecified atom stereocenters. The van der Waals surface area contributed by atoms with E-state index >= 15 is 0 Å². The summed E-state index contributed by atoms with van der Waals surface area (Å²) in [5.41, 5.74) is 2.97. The third-order valence-corrected chi connectivity index (χ3v) is 3.96. The van der Waals surface area contributed by atoms with Crippen LogP contribution in [0, 0.1) is 6.92 Å². The molecule has 29 heavy (non-hydrogen) atoms. The number of para-hydroxylation sites is 2. The van der Waals surface area contributed by atoms with Crippen LogP contribution < -0.4 is 26.0 Å². The molecular weight excluding hydrogens is 368 g/mol. The van der Waals surface area contributed by atoms with E-state index in [2.05, 4.69) is 31.2 Å². The highest BCUT2D eigenvalue weighted by Gasteiger charge is 2.07. The van der Waals surface area contributed by atoms with Crippen LogP contribution in [0.3, 0.4) is 0 Å². The monoisotopic (exact) mass is 392 g/mol. The number of carbonyl (C=O) groups excluding carboxylic acids is 1. The molecule has 1 heterocycles. The van der Waals surface area contributed by atoms with Crippen molar-refractivity contribution in [1.82, 2.24) is 9.97 Å². The number of rotatable bonds is 7. The second-order valence-corrected chi connectivity index (χ2v) is 6.23. The minimum atomic E-state index is -0.350. The van der Waals surface area contributed by atoms with Gasteiger partial charge in [0.25, 0.3) is 0 Å². The number of hydrogen-bond donors (Lipinski definition) is 4. The van der Waals surface area contributed by atoms with Crippen LogP contribution in [0.4, 0.5) is 33.6 Å². The summed E-state index contributed by atoms with van der Waals surface area (Å²) in [5.74, 6) is 1.88. The lowest BCUT2D eigenvalue weighted by atomic mass is 10.2. The number of nitrogens with one attached hydrogen (secondary N) is 4. The van der Waals surface area contributed by atoms with Gasteiger partial charge >= 0.3 is 6.03 Å². The van der Waals surface area contributed by atoms with Gasteiger partial charge in [0.2, 0.25) is 5.95 Å². The average Bonchev–Trinajstić information content (AvgIpc) is 2.70. The van der Waals surface area contributed by atoms with Gasteiger partial charge < -0.3 is 26.0 Å². The van der Waals surface area contributed by atoms with Gasteiger partial charge in [0.05, 0.1) is 12.8 Å². The molecule has 8 heteroatoms. The zero-order chi connectivity index (χ0) is 20.6. The third-order valence-electron chi connectivity index (χ3n) is 3.96. The van der Waals surface area contributed by atoms with Gasteiger partial charge in [-0.25, -0.2) is 9.78 Å². The zero-order valence-corrected chi connectivity index (χ0v) is 16.6. The summed E-state index contributed by atoms with van der Waals surface area (Å²) in [5, 5.41) is 11.9. The van der Waals surface area contributed by atoms with Crippen LogP contribution in [0.15, 0.2) is 54.6 Å². The number of amides is 2. The van der Waals surface area contributed by atoms with Crippen molar-refractivity contribution in [3.05, 3.63) is 60.3 Å². The van der Waals surface area contributed by atoms with Crippen LogP contribution in [0.25, 0.3) is 0 Å². The molecule has 0 saturated carbocycles. The van der Waals surface area contributed by atoms with Crippen LogP contribution in [0.1, 0.15) is 12.6 Å². The number of methoxy groups -OCH3 is 1. The lowest BCUT2D eigenvalue weighted by molar-refractivity contribution is 0.262. The first-order valence-corrected chi connectivity index (χ1v) is 9.25. The SMILES string of the molecule is CCNc1nc(C)cc(Nc2ccc(NC(=O)Nc3ccccc3OC)cc2)n1. The lowest BCUT2D eigenvalue weighted by Gasteiger charge is -2.12. The molecule has 2 aromatic carbocycles. The smallest absolute Gasteiger partial charge is 0.323 e. The molecule has 2 amide bonds. The van der Waals surface area contributed by atoms with Crippen molar-refractivity contribution >= 4 is 34.9 Å². The Hall–Kier alpha value is -3.81. The maximum Gasteiger partial charge on any atom is 0.323 e. The van der Waals surface area contributed by atoms with Gasteiger partial charge in [-0.3, -0.25) is 0 Å². The quantitative estimate of drug-likeness (QED) is 0.468. The second kappa shape index (κ2) is 9.41. The molecule has 8 nitrogen and oxygen atoms in total. The summed E-state index contributed by atoms with van der Waals surface area (Å²) < 4.78 is 5.24. The molecule has 0 aliphatic rings. The van der Waals surface area contributed by atoms with E-state index in [-0.39, 0.29) is 6.03 Å². The molecule has 0 fully saturated rings. The number of aryl methyl sites for hydroxylation is 1. The largest absolute Gasteiger partial charge is 0.495 e. The highest BCUT2D eigenvalue weighted by molar-refractivity contribution is 6.00. The summed E-state index contributed by atoms with van der Waals surface area (Å²) in [6, 6.07) is 16.1. The van der Waals surface area contributed by atoms with Crippen molar-refractivity contribution < 1.29 is 9.53 Å². The van der Waals surface area contributed by atoms with E-state index in [0.29, 0.717) is 28.9 Å². The molecule has 1 aromatic heterocycles. The maximum atomic E-state index is 12.2.